The first-order valence-corrected chi connectivity index (χ1v) is 10.6. The molecule has 5 rings (SSSR count). The fourth-order valence-corrected chi connectivity index (χ4v) is 6.52. The quantitative estimate of drug-likeness (QED) is 0.761. The van der Waals surface area contributed by atoms with Crippen LogP contribution in [0.15, 0.2) is 28.7 Å². The van der Waals surface area contributed by atoms with Gasteiger partial charge in [-0.2, -0.15) is 0 Å². The Morgan fingerprint density at radius 3 is 2.27 bits per heavy atom. The van der Waals surface area contributed by atoms with Gasteiger partial charge in [0.2, 0.25) is 5.91 Å². The van der Waals surface area contributed by atoms with Gasteiger partial charge < -0.3 is 10.6 Å². The first-order chi connectivity index (χ1) is 12.4. The summed E-state index contributed by atoms with van der Waals surface area (Å²) in [5.41, 5.74) is 0.839. The number of carbonyl (C=O) groups excluding carboxylic acids is 2. The average molecular weight is 419 g/mol. The number of halogens is 1. The fraction of sp³-hybridized carbons (Fsp3) is 0.619. The summed E-state index contributed by atoms with van der Waals surface area (Å²) in [5, 5.41) is 5.93. The molecule has 0 aliphatic heterocycles. The van der Waals surface area contributed by atoms with Gasteiger partial charge >= 0.3 is 0 Å². The van der Waals surface area contributed by atoms with Crippen molar-refractivity contribution < 1.29 is 9.59 Å². The largest absolute Gasteiger partial charge is 0.352 e. The van der Waals surface area contributed by atoms with Crippen molar-refractivity contribution in [2.45, 2.75) is 51.5 Å². The van der Waals surface area contributed by atoms with E-state index < -0.39 is 0 Å². The van der Waals surface area contributed by atoms with E-state index in [0.717, 1.165) is 22.2 Å². The fourth-order valence-electron chi connectivity index (χ4n) is 6.05. The minimum absolute atomic E-state index is 0.0247. The molecule has 26 heavy (non-hydrogen) atoms. The second-order valence-electron chi connectivity index (χ2n) is 8.73. The number of nitrogens with one attached hydrogen (secondary N) is 2. The van der Waals surface area contributed by atoms with Gasteiger partial charge in [0.1, 0.15) is 0 Å². The maximum Gasteiger partial charge on any atom is 0.252 e. The van der Waals surface area contributed by atoms with Crippen LogP contribution in [0.3, 0.4) is 0 Å². The van der Waals surface area contributed by atoms with Crippen molar-refractivity contribution in [3.63, 3.8) is 0 Å². The van der Waals surface area contributed by atoms with E-state index in [-0.39, 0.29) is 29.8 Å². The molecule has 4 nitrogen and oxygen atoms in total. The lowest BCUT2D eigenvalue weighted by atomic mass is 9.48. The molecule has 0 heterocycles. The lowest BCUT2D eigenvalue weighted by molar-refractivity contribution is -0.124. The van der Waals surface area contributed by atoms with Gasteiger partial charge in [0.25, 0.3) is 5.91 Å². The van der Waals surface area contributed by atoms with Gasteiger partial charge in [0.05, 0.1) is 12.1 Å². The van der Waals surface area contributed by atoms with Gasteiger partial charge in [-0.15, -0.1) is 0 Å². The molecule has 4 aliphatic rings. The third-order valence-electron chi connectivity index (χ3n) is 6.91. The highest BCUT2D eigenvalue weighted by atomic mass is 79.9. The zero-order chi connectivity index (χ0) is 18.3. The maximum absolute atomic E-state index is 12.4. The molecule has 0 aromatic heterocycles. The van der Waals surface area contributed by atoms with Gasteiger partial charge in [-0.1, -0.05) is 12.1 Å². The van der Waals surface area contributed by atoms with Crippen LogP contribution in [-0.4, -0.2) is 24.4 Å². The lowest BCUT2D eigenvalue weighted by Gasteiger charge is -2.59. The van der Waals surface area contributed by atoms with Crippen LogP contribution < -0.4 is 10.6 Å². The predicted octanol–water partition coefficient (Wildman–Crippen LogP) is 3.90. The molecule has 0 saturated heterocycles. The molecule has 4 saturated carbocycles. The normalized spacial score (nSPS) is 32.9. The monoisotopic (exact) mass is 418 g/mol. The van der Waals surface area contributed by atoms with Crippen LogP contribution in [0.1, 0.15) is 55.8 Å². The molecule has 5 heteroatoms. The van der Waals surface area contributed by atoms with Crippen LogP contribution in [0.5, 0.6) is 0 Å². The number of hydrogen-bond acceptors (Lipinski definition) is 2. The van der Waals surface area contributed by atoms with E-state index >= 15 is 0 Å². The van der Waals surface area contributed by atoms with Crippen molar-refractivity contribution in [3.05, 3.63) is 34.3 Å². The van der Waals surface area contributed by atoms with Gasteiger partial charge in [-0.25, -0.2) is 0 Å². The maximum atomic E-state index is 12.4. The molecule has 140 valence electrons. The van der Waals surface area contributed by atoms with Crippen LogP contribution in [0, 0.1) is 23.2 Å². The highest BCUT2D eigenvalue weighted by molar-refractivity contribution is 9.10. The molecule has 4 bridgehead atoms. The first kappa shape index (κ1) is 18.0. The lowest BCUT2D eigenvalue weighted by Crippen LogP contribution is -2.56. The van der Waals surface area contributed by atoms with Crippen LogP contribution >= 0.6 is 15.9 Å². The predicted molar refractivity (Wildman–Crippen MR) is 105 cm³/mol. The van der Waals surface area contributed by atoms with E-state index in [1.165, 1.54) is 38.5 Å². The Labute approximate surface area is 163 Å². The standard InChI is InChI=1S/C21H27BrN2O2/c1-13(21-9-14-6-15(10-21)8-16(7-14)11-21)24-19(25)12-23-20(26)17-4-2-3-5-18(17)22/h2-5,13-16H,6-12H2,1H3,(H,23,26)(H,24,25)/t13-,14?,15?,16?,21?/m0/s1. The van der Waals surface area contributed by atoms with Crippen LogP contribution in [-0.2, 0) is 4.79 Å². The number of amides is 2. The Balaban J connectivity index is 1.32. The number of carbonyl (C=O) groups is 2. The summed E-state index contributed by atoms with van der Waals surface area (Å²) >= 11 is 3.37. The first-order valence-electron chi connectivity index (χ1n) is 9.77. The number of rotatable bonds is 5. The molecule has 1 aromatic carbocycles. The minimum atomic E-state index is -0.227. The molecule has 4 aliphatic carbocycles. The molecule has 2 N–H and O–H groups in total. The van der Waals surface area contributed by atoms with Crippen LogP contribution in [0.25, 0.3) is 0 Å². The van der Waals surface area contributed by atoms with Crippen molar-refractivity contribution in [2.24, 2.45) is 23.2 Å². The second-order valence-corrected chi connectivity index (χ2v) is 9.59. The van der Waals surface area contributed by atoms with Crippen molar-refractivity contribution in [1.82, 2.24) is 10.6 Å². The summed E-state index contributed by atoms with van der Waals surface area (Å²) in [6.07, 6.45) is 8.02. The Morgan fingerprint density at radius 1 is 1.12 bits per heavy atom. The molecule has 2 amide bonds. The van der Waals surface area contributed by atoms with Gasteiger partial charge in [0, 0.05) is 10.5 Å². The van der Waals surface area contributed by atoms with Gasteiger partial charge in [-0.05, 0) is 96.7 Å². The molecule has 4 fully saturated rings. The van der Waals surface area contributed by atoms with Crippen molar-refractivity contribution in [1.29, 1.82) is 0 Å². The number of benzene rings is 1. The third kappa shape index (κ3) is 3.42. The SMILES string of the molecule is C[C@H](NC(=O)CNC(=O)c1ccccc1Br)C12CC3CC(CC(C3)C1)C2. The number of hydrogen-bond donors (Lipinski definition) is 2. The zero-order valence-corrected chi connectivity index (χ0v) is 16.8. The van der Waals surface area contributed by atoms with Gasteiger partial charge in [0.15, 0.2) is 0 Å². The molecule has 0 unspecified atom stereocenters. The van der Waals surface area contributed by atoms with E-state index in [4.69, 9.17) is 0 Å². The zero-order valence-electron chi connectivity index (χ0n) is 15.3. The van der Waals surface area contributed by atoms with Crippen molar-refractivity contribution in [3.8, 4) is 0 Å². The third-order valence-corrected chi connectivity index (χ3v) is 7.60. The van der Waals surface area contributed by atoms with E-state index in [1.54, 1.807) is 6.07 Å². The molecular weight excluding hydrogens is 392 g/mol. The average Bonchev–Trinajstić information content (AvgIpc) is 2.59. The highest BCUT2D eigenvalue weighted by Gasteiger charge is 2.53. The Morgan fingerprint density at radius 2 is 1.69 bits per heavy atom. The summed E-state index contributed by atoms with van der Waals surface area (Å²) in [5.74, 6) is 2.30. The van der Waals surface area contributed by atoms with Gasteiger partial charge in [-0.3, -0.25) is 9.59 Å². The Kier molecular flexibility index (Phi) is 4.84. The van der Waals surface area contributed by atoms with Crippen LogP contribution in [0.2, 0.25) is 0 Å². The molecule has 1 atom stereocenters. The molecule has 0 radical (unpaired) electrons. The Bertz CT molecular complexity index is 682. The van der Waals surface area contributed by atoms with Crippen molar-refractivity contribution >= 4 is 27.7 Å². The van der Waals surface area contributed by atoms with E-state index in [2.05, 4.69) is 33.5 Å². The summed E-state index contributed by atoms with van der Waals surface area (Å²) in [4.78, 5) is 24.7. The summed E-state index contributed by atoms with van der Waals surface area (Å²) in [6, 6.07) is 7.43. The molecular formula is C21H27BrN2O2. The minimum Gasteiger partial charge on any atom is -0.352 e. The van der Waals surface area contributed by atoms with E-state index in [1.807, 2.05) is 18.2 Å². The van der Waals surface area contributed by atoms with Crippen LogP contribution in [0.4, 0.5) is 0 Å². The highest BCUT2D eigenvalue weighted by Crippen LogP contribution is 2.61. The smallest absolute Gasteiger partial charge is 0.252 e. The second kappa shape index (κ2) is 6.99. The summed E-state index contributed by atoms with van der Waals surface area (Å²) in [7, 11) is 0. The van der Waals surface area contributed by atoms with E-state index in [9.17, 15) is 9.59 Å². The summed E-state index contributed by atoms with van der Waals surface area (Å²) in [6.45, 7) is 2.19. The van der Waals surface area contributed by atoms with E-state index in [0.29, 0.717) is 5.56 Å². The molecule has 0 spiro atoms. The summed E-state index contributed by atoms with van der Waals surface area (Å²) < 4.78 is 0.736. The van der Waals surface area contributed by atoms with Crippen molar-refractivity contribution in [2.75, 3.05) is 6.54 Å². The Hall–Kier alpha value is -1.36. The topological polar surface area (TPSA) is 58.2 Å². The molecule has 1 aromatic rings.